The van der Waals surface area contributed by atoms with Crippen LogP contribution in [0.2, 0.25) is 0 Å². The van der Waals surface area contributed by atoms with E-state index in [1.807, 2.05) is 18.2 Å². The highest BCUT2D eigenvalue weighted by Gasteiger charge is 2.29. The number of fused-ring (bicyclic) bond motifs is 4. The predicted molar refractivity (Wildman–Crippen MR) is 111 cm³/mol. The second-order valence-electron chi connectivity index (χ2n) is 7.00. The van der Waals surface area contributed by atoms with Crippen LogP contribution in [0.5, 0.6) is 5.75 Å². The summed E-state index contributed by atoms with van der Waals surface area (Å²) in [5.41, 5.74) is 2.98. The molecule has 0 saturated carbocycles. The van der Waals surface area contributed by atoms with Gasteiger partial charge in [0.05, 0.1) is 27.4 Å². The Bertz CT molecular complexity index is 1470. The number of sulfone groups is 1. The molecular formula is C22H15N3O3S. The SMILES string of the molecule is N#Cc1cnc2ccc3c(c2c1Nc1cccc2cc(O)ccc12)CCS3(=O)=O. The van der Waals surface area contributed by atoms with Gasteiger partial charge in [0.2, 0.25) is 0 Å². The largest absolute Gasteiger partial charge is 0.508 e. The number of pyridine rings is 1. The van der Waals surface area contributed by atoms with Gasteiger partial charge >= 0.3 is 0 Å². The molecule has 1 aliphatic rings. The molecule has 0 amide bonds. The topological polar surface area (TPSA) is 103 Å². The molecular weight excluding hydrogens is 386 g/mol. The highest BCUT2D eigenvalue weighted by molar-refractivity contribution is 7.91. The number of aromatic hydroxyl groups is 1. The van der Waals surface area contributed by atoms with E-state index in [9.17, 15) is 18.8 Å². The molecule has 29 heavy (non-hydrogen) atoms. The normalized spacial score (nSPS) is 14.6. The molecule has 7 heteroatoms. The average Bonchev–Trinajstić information content (AvgIpc) is 3.02. The smallest absolute Gasteiger partial charge is 0.179 e. The molecule has 4 aromatic rings. The Labute approximate surface area is 167 Å². The minimum absolute atomic E-state index is 0.0607. The molecule has 1 aromatic heterocycles. The Morgan fingerprint density at radius 1 is 1.14 bits per heavy atom. The first-order valence-electron chi connectivity index (χ1n) is 9.04. The lowest BCUT2D eigenvalue weighted by Crippen LogP contribution is -2.01. The second kappa shape index (κ2) is 6.19. The third-order valence-electron chi connectivity index (χ3n) is 5.30. The summed E-state index contributed by atoms with van der Waals surface area (Å²) in [4.78, 5) is 4.68. The van der Waals surface area contributed by atoms with Gasteiger partial charge in [-0.1, -0.05) is 12.1 Å². The minimum Gasteiger partial charge on any atom is -0.508 e. The lowest BCUT2D eigenvalue weighted by molar-refractivity contribution is 0.476. The summed E-state index contributed by atoms with van der Waals surface area (Å²) < 4.78 is 24.8. The lowest BCUT2D eigenvalue weighted by atomic mass is 10.0. The molecule has 0 atom stereocenters. The first-order chi connectivity index (χ1) is 14.0. The van der Waals surface area contributed by atoms with Gasteiger partial charge in [0.1, 0.15) is 11.8 Å². The molecule has 0 radical (unpaired) electrons. The average molecular weight is 401 g/mol. The number of rotatable bonds is 2. The maximum Gasteiger partial charge on any atom is 0.179 e. The van der Waals surface area contributed by atoms with Crippen LogP contribution >= 0.6 is 0 Å². The van der Waals surface area contributed by atoms with Crippen molar-refractivity contribution in [2.24, 2.45) is 0 Å². The highest BCUT2D eigenvalue weighted by atomic mass is 32.2. The Balaban J connectivity index is 1.80. The Hall–Kier alpha value is -3.63. The molecule has 1 aliphatic heterocycles. The van der Waals surface area contributed by atoms with E-state index in [0.29, 0.717) is 39.0 Å². The number of nitriles is 1. The van der Waals surface area contributed by atoms with Crippen molar-refractivity contribution in [1.82, 2.24) is 4.98 Å². The molecule has 0 aliphatic carbocycles. The summed E-state index contributed by atoms with van der Waals surface area (Å²) in [5.74, 6) is 0.232. The molecule has 3 aromatic carbocycles. The number of nitrogens with zero attached hydrogens (tertiary/aromatic N) is 2. The monoisotopic (exact) mass is 401 g/mol. The first kappa shape index (κ1) is 17.5. The summed E-state index contributed by atoms with van der Waals surface area (Å²) in [7, 11) is -3.31. The Morgan fingerprint density at radius 2 is 2.00 bits per heavy atom. The summed E-state index contributed by atoms with van der Waals surface area (Å²) in [6, 6.07) is 16.1. The molecule has 2 heterocycles. The van der Waals surface area contributed by atoms with E-state index >= 15 is 0 Å². The first-order valence-corrected chi connectivity index (χ1v) is 10.7. The number of benzene rings is 3. The van der Waals surface area contributed by atoms with Crippen LogP contribution in [0, 0.1) is 11.3 Å². The minimum atomic E-state index is -3.31. The van der Waals surface area contributed by atoms with Crippen LogP contribution in [0.25, 0.3) is 21.7 Å². The van der Waals surface area contributed by atoms with E-state index in [4.69, 9.17) is 0 Å². The number of hydrogen-bond donors (Lipinski definition) is 2. The summed E-state index contributed by atoms with van der Waals surface area (Å²) in [6.07, 6.45) is 1.89. The predicted octanol–water partition coefficient (Wildman–Crippen LogP) is 4.04. The summed E-state index contributed by atoms with van der Waals surface area (Å²) in [6.45, 7) is 0. The highest BCUT2D eigenvalue weighted by Crippen LogP contribution is 2.39. The van der Waals surface area contributed by atoms with Crippen molar-refractivity contribution in [2.75, 3.05) is 11.1 Å². The van der Waals surface area contributed by atoms with E-state index < -0.39 is 9.84 Å². The van der Waals surface area contributed by atoms with E-state index in [1.165, 1.54) is 6.20 Å². The van der Waals surface area contributed by atoms with Gasteiger partial charge in [-0.05, 0) is 53.8 Å². The number of anilines is 2. The maximum absolute atomic E-state index is 12.4. The molecule has 5 rings (SSSR count). The van der Waals surface area contributed by atoms with Gasteiger partial charge in [-0.2, -0.15) is 5.26 Å². The molecule has 0 spiro atoms. The Morgan fingerprint density at radius 3 is 2.83 bits per heavy atom. The van der Waals surface area contributed by atoms with Crippen molar-refractivity contribution in [2.45, 2.75) is 11.3 Å². The number of phenolic OH excluding ortho intramolecular Hbond substituents is 1. The van der Waals surface area contributed by atoms with Crippen molar-refractivity contribution < 1.29 is 13.5 Å². The van der Waals surface area contributed by atoms with E-state index in [1.54, 1.807) is 30.3 Å². The van der Waals surface area contributed by atoms with Gasteiger partial charge in [0.25, 0.3) is 0 Å². The standard InChI is InChI=1S/C22H15N3O3S/c23-11-14-12-24-19-6-7-20-17(8-9-29(20,27)28)21(19)22(14)25-18-3-1-2-13-10-15(26)4-5-16(13)18/h1-7,10,12,26H,8-9H2,(H,24,25). The zero-order valence-electron chi connectivity index (χ0n) is 15.2. The zero-order chi connectivity index (χ0) is 20.2. The molecule has 6 nitrogen and oxygen atoms in total. The van der Waals surface area contributed by atoms with Crippen molar-refractivity contribution in [3.05, 3.63) is 65.9 Å². The van der Waals surface area contributed by atoms with Crippen LogP contribution in [0.15, 0.2) is 59.6 Å². The third-order valence-corrected chi connectivity index (χ3v) is 7.09. The number of aryl methyl sites for hydroxylation is 1. The molecule has 0 fully saturated rings. The summed E-state index contributed by atoms with van der Waals surface area (Å²) >= 11 is 0. The quantitative estimate of drug-likeness (QED) is 0.525. The number of hydrogen-bond acceptors (Lipinski definition) is 6. The second-order valence-corrected chi connectivity index (χ2v) is 9.08. The van der Waals surface area contributed by atoms with Crippen LogP contribution in [0.4, 0.5) is 11.4 Å². The van der Waals surface area contributed by atoms with Crippen molar-refractivity contribution in [1.29, 1.82) is 5.26 Å². The Kier molecular flexibility index (Phi) is 3.73. The van der Waals surface area contributed by atoms with Gasteiger partial charge in [-0.25, -0.2) is 8.42 Å². The van der Waals surface area contributed by atoms with E-state index in [2.05, 4.69) is 16.4 Å². The van der Waals surface area contributed by atoms with Gasteiger partial charge in [0, 0.05) is 22.7 Å². The van der Waals surface area contributed by atoms with Crippen LogP contribution in [-0.4, -0.2) is 24.3 Å². The third kappa shape index (κ3) is 2.69. The fourth-order valence-electron chi connectivity index (χ4n) is 3.95. The molecule has 0 saturated heterocycles. The molecule has 0 unspecified atom stereocenters. The van der Waals surface area contributed by atoms with Gasteiger partial charge in [-0.3, -0.25) is 4.98 Å². The van der Waals surface area contributed by atoms with Crippen molar-refractivity contribution in [3.8, 4) is 11.8 Å². The van der Waals surface area contributed by atoms with Crippen LogP contribution in [0.3, 0.4) is 0 Å². The fraction of sp³-hybridized carbons (Fsp3) is 0.0909. The van der Waals surface area contributed by atoms with E-state index in [0.717, 1.165) is 16.5 Å². The molecule has 142 valence electrons. The molecule has 0 bridgehead atoms. The molecule has 2 N–H and O–H groups in total. The number of aromatic nitrogens is 1. The summed E-state index contributed by atoms with van der Waals surface area (Å²) in [5, 5.41) is 25.2. The van der Waals surface area contributed by atoms with Crippen molar-refractivity contribution >= 4 is 42.9 Å². The van der Waals surface area contributed by atoms with Gasteiger partial charge in [-0.15, -0.1) is 0 Å². The zero-order valence-corrected chi connectivity index (χ0v) is 16.0. The lowest BCUT2D eigenvalue weighted by Gasteiger charge is -2.15. The fourth-order valence-corrected chi connectivity index (χ4v) is 5.50. The maximum atomic E-state index is 12.4. The van der Waals surface area contributed by atoms with Crippen LogP contribution < -0.4 is 5.32 Å². The van der Waals surface area contributed by atoms with E-state index in [-0.39, 0.29) is 11.5 Å². The van der Waals surface area contributed by atoms with Crippen molar-refractivity contribution in [3.63, 3.8) is 0 Å². The number of nitrogens with one attached hydrogen (secondary N) is 1. The van der Waals surface area contributed by atoms with Crippen LogP contribution in [-0.2, 0) is 16.3 Å². The van der Waals surface area contributed by atoms with Gasteiger partial charge in [0.15, 0.2) is 9.84 Å². The number of phenols is 1. The van der Waals surface area contributed by atoms with Crippen LogP contribution in [0.1, 0.15) is 11.1 Å². The van der Waals surface area contributed by atoms with Gasteiger partial charge < -0.3 is 10.4 Å².